The Bertz CT molecular complexity index is 1120. The summed E-state index contributed by atoms with van der Waals surface area (Å²) in [5.41, 5.74) is -3.04. The van der Waals surface area contributed by atoms with Crippen molar-refractivity contribution in [3.05, 3.63) is 65.0 Å². The predicted octanol–water partition coefficient (Wildman–Crippen LogP) is 5.94. The number of likely N-dealkylation sites (tertiary alicyclic amines) is 1. The number of amides is 4. The molecule has 0 saturated carbocycles. The number of nitrogens with zero attached hydrogens (tertiary/aromatic N) is 3. The third-order valence-corrected chi connectivity index (χ3v) is 6.54. The number of piperidine rings is 1. The smallest absolute Gasteiger partial charge is 0.338 e. The number of rotatable bonds is 4. The lowest BCUT2D eigenvalue weighted by atomic mass is 9.85. The number of alkyl halides is 6. The Morgan fingerprint density at radius 3 is 2.03 bits per heavy atom. The maximum absolute atomic E-state index is 13.6. The van der Waals surface area contributed by atoms with Crippen molar-refractivity contribution in [3.63, 3.8) is 0 Å². The molecule has 2 atom stereocenters. The van der Waals surface area contributed by atoms with E-state index < -0.39 is 53.0 Å². The van der Waals surface area contributed by atoms with Crippen molar-refractivity contribution in [2.24, 2.45) is 0 Å². The summed E-state index contributed by atoms with van der Waals surface area (Å²) in [6.45, 7) is 2.55. The average Bonchev–Trinajstić information content (AvgIpc) is 2.86. The zero-order valence-corrected chi connectivity index (χ0v) is 20.8. The highest BCUT2D eigenvalue weighted by atomic mass is 19.4. The number of halogens is 7. The molecule has 1 fully saturated rings. The van der Waals surface area contributed by atoms with Crippen LogP contribution in [0.2, 0.25) is 0 Å². The van der Waals surface area contributed by atoms with E-state index in [-0.39, 0.29) is 31.6 Å². The summed E-state index contributed by atoms with van der Waals surface area (Å²) in [5, 5.41) is 2.69. The van der Waals surface area contributed by atoms with E-state index >= 15 is 0 Å². The summed E-state index contributed by atoms with van der Waals surface area (Å²) >= 11 is 0. The molecule has 3 rings (SSSR count). The van der Waals surface area contributed by atoms with Crippen LogP contribution in [0.1, 0.15) is 36.0 Å². The number of likely N-dealkylation sites (N-methyl/N-ethyl adjacent to an activating group) is 1. The fraction of sp³-hybridized carbons (Fsp3) is 0.440. The first-order chi connectivity index (χ1) is 17.6. The maximum atomic E-state index is 13.6. The summed E-state index contributed by atoms with van der Waals surface area (Å²) in [6.07, 6.45) is -9.86. The summed E-state index contributed by atoms with van der Waals surface area (Å²) < 4.78 is 93.5. The van der Waals surface area contributed by atoms with Crippen LogP contribution in [0.3, 0.4) is 0 Å². The number of anilines is 1. The molecule has 4 amide bonds. The van der Waals surface area contributed by atoms with Gasteiger partial charge in [0.1, 0.15) is 5.82 Å². The zero-order chi connectivity index (χ0) is 28.4. The van der Waals surface area contributed by atoms with E-state index in [1.54, 1.807) is 11.8 Å². The summed E-state index contributed by atoms with van der Waals surface area (Å²) in [6, 6.07) is 4.68. The lowest BCUT2D eigenvalue weighted by Crippen LogP contribution is -2.55. The second-order valence-corrected chi connectivity index (χ2v) is 9.01. The molecule has 1 N–H and O–H groups in total. The number of hydrogen-bond donors (Lipinski definition) is 1. The van der Waals surface area contributed by atoms with Crippen LogP contribution in [-0.2, 0) is 12.4 Å². The molecule has 0 bridgehead atoms. The molecule has 0 radical (unpaired) electrons. The fourth-order valence-electron chi connectivity index (χ4n) is 4.51. The van der Waals surface area contributed by atoms with E-state index in [1.165, 1.54) is 36.2 Å². The molecular formula is C25H27F7N4O2. The molecule has 1 aliphatic heterocycles. The van der Waals surface area contributed by atoms with Gasteiger partial charge in [0.2, 0.25) is 0 Å². The summed E-state index contributed by atoms with van der Waals surface area (Å²) in [5.74, 6) is -0.988. The lowest BCUT2D eigenvalue weighted by Gasteiger charge is -2.43. The molecule has 1 heterocycles. The molecule has 0 aromatic heterocycles. The van der Waals surface area contributed by atoms with Gasteiger partial charge < -0.3 is 15.1 Å². The van der Waals surface area contributed by atoms with Crippen molar-refractivity contribution >= 4 is 17.7 Å². The van der Waals surface area contributed by atoms with Crippen LogP contribution < -0.4 is 10.2 Å². The van der Waals surface area contributed by atoms with Crippen molar-refractivity contribution in [1.82, 2.24) is 15.1 Å². The quantitative estimate of drug-likeness (QED) is 0.481. The average molecular weight is 549 g/mol. The Morgan fingerprint density at radius 2 is 1.53 bits per heavy atom. The van der Waals surface area contributed by atoms with Gasteiger partial charge in [-0.25, -0.2) is 14.0 Å². The minimum Gasteiger partial charge on any atom is -0.338 e. The first-order valence-electron chi connectivity index (χ1n) is 11.7. The highest BCUT2D eigenvalue weighted by molar-refractivity contribution is 5.92. The zero-order valence-electron chi connectivity index (χ0n) is 20.8. The molecule has 2 aromatic carbocycles. The van der Waals surface area contributed by atoms with E-state index in [2.05, 4.69) is 5.32 Å². The van der Waals surface area contributed by atoms with Gasteiger partial charge in [0.15, 0.2) is 0 Å². The largest absolute Gasteiger partial charge is 0.416 e. The van der Waals surface area contributed by atoms with Crippen LogP contribution in [0.15, 0.2) is 42.5 Å². The van der Waals surface area contributed by atoms with Crippen LogP contribution >= 0.6 is 0 Å². The molecule has 6 nitrogen and oxygen atoms in total. The highest BCUT2D eigenvalue weighted by Gasteiger charge is 2.40. The molecular weight excluding hydrogens is 521 g/mol. The van der Waals surface area contributed by atoms with Crippen molar-refractivity contribution in [3.8, 4) is 0 Å². The van der Waals surface area contributed by atoms with E-state index in [0.29, 0.717) is 24.2 Å². The maximum Gasteiger partial charge on any atom is 0.416 e. The minimum absolute atomic E-state index is 0.00678. The summed E-state index contributed by atoms with van der Waals surface area (Å²) in [7, 11) is 2.48. The van der Waals surface area contributed by atoms with Gasteiger partial charge in [0.25, 0.3) is 0 Å². The third kappa shape index (κ3) is 6.48. The molecule has 2 aromatic rings. The molecule has 0 unspecified atom stereocenters. The van der Waals surface area contributed by atoms with Crippen molar-refractivity contribution in [1.29, 1.82) is 0 Å². The lowest BCUT2D eigenvalue weighted by molar-refractivity contribution is -0.143. The highest BCUT2D eigenvalue weighted by Crippen LogP contribution is 2.39. The third-order valence-electron chi connectivity index (χ3n) is 6.54. The second kappa shape index (κ2) is 11.1. The van der Waals surface area contributed by atoms with E-state index in [4.69, 9.17) is 0 Å². The Balaban J connectivity index is 1.94. The standard InChI is InChI=1S/C25H27F7N4O2/c1-4-33-22(37)36-10-9-21(20(14-36)15-5-7-18(26)8-6-15)35(3)23(38)34(2)19-12-16(24(27,28)29)11-17(13-19)25(30,31)32/h5-8,11-13,20-21H,4,9-10,14H2,1-3H3,(H,33,37)/t20-,21+/m0/s1. The molecule has 208 valence electrons. The van der Waals surface area contributed by atoms with Gasteiger partial charge in [-0.05, 0) is 49.2 Å². The van der Waals surface area contributed by atoms with Gasteiger partial charge in [-0.1, -0.05) is 12.1 Å². The molecule has 1 aliphatic rings. The first kappa shape index (κ1) is 29.1. The predicted molar refractivity (Wildman–Crippen MR) is 126 cm³/mol. The number of urea groups is 2. The van der Waals surface area contributed by atoms with Gasteiger partial charge in [-0.2, -0.15) is 26.3 Å². The SMILES string of the molecule is CCNC(=O)N1CC[C@@H](N(C)C(=O)N(C)c2cc(C(F)(F)F)cc(C(F)(F)F)c2)[C@H](c2ccc(F)cc2)C1. The minimum atomic E-state index is -5.06. The van der Waals surface area contributed by atoms with Gasteiger partial charge >= 0.3 is 24.4 Å². The van der Waals surface area contributed by atoms with E-state index in [0.717, 1.165) is 11.9 Å². The van der Waals surface area contributed by atoms with Crippen LogP contribution in [0.5, 0.6) is 0 Å². The van der Waals surface area contributed by atoms with Crippen LogP contribution in [-0.4, -0.2) is 61.6 Å². The van der Waals surface area contributed by atoms with Crippen LogP contribution in [0.4, 0.5) is 46.0 Å². The number of hydrogen-bond acceptors (Lipinski definition) is 2. The van der Waals surface area contributed by atoms with Crippen molar-refractivity contribution in [2.45, 2.75) is 37.7 Å². The number of carbonyl (C=O) groups is 2. The number of nitrogens with one attached hydrogen (secondary N) is 1. The van der Waals surface area contributed by atoms with Gasteiger partial charge in [-0.3, -0.25) is 4.90 Å². The van der Waals surface area contributed by atoms with Crippen molar-refractivity contribution < 1.29 is 40.3 Å². The second-order valence-electron chi connectivity index (χ2n) is 9.01. The number of carbonyl (C=O) groups excluding carboxylic acids is 2. The Hall–Kier alpha value is -3.51. The summed E-state index contributed by atoms with van der Waals surface area (Å²) in [4.78, 5) is 29.3. The molecule has 0 spiro atoms. The Kier molecular flexibility index (Phi) is 8.47. The molecule has 1 saturated heterocycles. The van der Waals surface area contributed by atoms with Gasteiger partial charge in [0, 0.05) is 51.4 Å². The van der Waals surface area contributed by atoms with Crippen LogP contribution in [0.25, 0.3) is 0 Å². The first-order valence-corrected chi connectivity index (χ1v) is 11.7. The monoisotopic (exact) mass is 548 g/mol. The van der Waals surface area contributed by atoms with E-state index in [1.807, 2.05) is 0 Å². The normalized spacial score (nSPS) is 18.2. The van der Waals surface area contributed by atoms with Crippen LogP contribution in [0, 0.1) is 5.82 Å². The number of benzene rings is 2. The van der Waals surface area contributed by atoms with Crippen molar-refractivity contribution in [2.75, 3.05) is 38.6 Å². The fourth-order valence-corrected chi connectivity index (χ4v) is 4.51. The Labute approximate surface area is 215 Å². The van der Waals surface area contributed by atoms with E-state index in [9.17, 15) is 40.3 Å². The van der Waals surface area contributed by atoms with Gasteiger partial charge in [-0.15, -0.1) is 0 Å². The van der Waals surface area contributed by atoms with Gasteiger partial charge in [0.05, 0.1) is 11.1 Å². The molecule has 13 heteroatoms. The topological polar surface area (TPSA) is 55.9 Å². The molecule has 38 heavy (non-hydrogen) atoms. The molecule has 0 aliphatic carbocycles. The Morgan fingerprint density at radius 1 is 0.974 bits per heavy atom.